The Morgan fingerprint density at radius 1 is 1.45 bits per heavy atom. The second-order valence-electron chi connectivity index (χ2n) is 4.63. The molecular formula is C13H18N2O4S. The molecule has 20 heavy (non-hydrogen) atoms. The Labute approximate surface area is 118 Å². The molecule has 2 rings (SSSR count). The second-order valence-corrected chi connectivity index (χ2v) is 6.52. The summed E-state index contributed by atoms with van der Waals surface area (Å²) in [4.78, 5) is 11.4. The van der Waals surface area contributed by atoms with Crippen LogP contribution in [-0.4, -0.2) is 33.3 Å². The van der Waals surface area contributed by atoms with Crippen LogP contribution in [0.5, 0.6) is 0 Å². The number of fused-ring (bicyclic) bond motifs is 1. The van der Waals surface area contributed by atoms with Gasteiger partial charge in [0, 0.05) is 12.2 Å². The van der Waals surface area contributed by atoms with E-state index in [0.717, 1.165) is 18.4 Å². The highest BCUT2D eigenvalue weighted by Crippen LogP contribution is 2.31. The van der Waals surface area contributed by atoms with Gasteiger partial charge in [-0.2, -0.15) is 0 Å². The van der Waals surface area contributed by atoms with Gasteiger partial charge in [-0.25, -0.2) is 8.42 Å². The molecule has 0 fully saturated rings. The predicted molar refractivity (Wildman–Crippen MR) is 76.9 cm³/mol. The fourth-order valence-electron chi connectivity index (χ4n) is 2.28. The van der Waals surface area contributed by atoms with Gasteiger partial charge in [0.15, 0.2) is 5.75 Å². The fraction of sp³-hybridized carbons (Fsp3) is 0.462. The van der Waals surface area contributed by atoms with Crippen LogP contribution in [0.25, 0.3) is 0 Å². The van der Waals surface area contributed by atoms with Gasteiger partial charge < -0.3 is 10.5 Å². The largest absolute Gasteiger partial charge is 0.465 e. The number of carbonyl (C=O) groups is 1. The Morgan fingerprint density at radius 2 is 2.20 bits per heavy atom. The number of benzene rings is 1. The Kier molecular flexibility index (Phi) is 4.17. The van der Waals surface area contributed by atoms with Crippen molar-refractivity contribution in [3.05, 3.63) is 23.8 Å². The fourth-order valence-corrected chi connectivity index (χ4v) is 3.69. The lowest BCUT2D eigenvalue weighted by molar-refractivity contribution is -0.139. The quantitative estimate of drug-likeness (QED) is 0.659. The number of hydrogen-bond acceptors (Lipinski definition) is 5. The zero-order valence-corrected chi connectivity index (χ0v) is 12.1. The van der Waals surface area contributed by atoms with Gasteiger partial charge in [0.1, 0.15) is 0 Å². The molecule has 110 valence electrons. The summed E-state index contributed by atoms with van der Waals surface area (Å²) in [5.74, 6) is -1.38. The van der Waals surface area contributed by atoms with Crippen molar-refractivity contribution in [2.45, 2.75) is 19.8 Å². The maximum atomic E-state index is 12.3. The first kappa shape index (κ1) is 14.6. The minimum absolute atomic E-state index is 0.165. The average molecular weight is 298 g/mol. The van der Waals surface area contributed by atoms with Crippen LogP contribution in [0.4, 0.5) is 11.4 Å². The molecule has 7 heteroatoms. The van der Waals surface area contributed by atoms with E-state index < -0.39 is 21.7 Å². The first-order chi connectivity index (χ1) is 9.44. The number of nitrogens with zero attached hydrogens (tertiary/aromatic N) is 1. The van der Waals surface area contributed by atoms with Gasteiger partial charge in [-0.3, -0.25) is 9.10 Å². The molecule has 0 amide bonds. The van der Waals surface area contributed by atoms with E-state index in [1.165, 1.54) is 4.31 Å². The molecule has 1 aromatic carbocycles. The molecule has 2 N–H and O–H groups in total. The van der Waals surface area contributed by atoms with E-state index in [1.807, 2.05) is 6.07 Å². The first-order valence-electron chi connectivity index (χ1n) is 6.48. The van der Waals surface area contributed by atoms with Gasteiger partial charge in [-0.05, 0) is 37.5 Å². The Balaban J connectivity index is 2.30. The van der Waals surface area contributed by atoms with E-state index in [9.17, 15) is 13.2 Å². The molecule has 0 aliphatic carbocycles. The lowest BCUT2D eigenvalue weighted by atomic mass is 10.0. The zero-order chi connectivity index (χ0) is 14.8. The van der Waals surface area contributed by atoms with E-state index in [2.05, 4.69) is 0 Å². The molecule has 6 nitrogen and oxygen atoms in total. The summed E-state index contributed by atoms with van der Waals surface area (Å²) < 4.78 is 30.6. The number of nitrogens with two attached hydrogens (primary N) is 1. The summed E-state index contributed by atoms with van der Waals surface area (Å²) >= 11 is 0. The van der Waals surface area contributed by atoms with Crippen LogP contribution >= 0.6 is 0 Å². The van der Waals surface area contributed by atoms with Gasteiger partial charge in [0.05, 0.1) is 12.3 Å². The number of anilines is 2. The Morgan fingerprint density at radius 3 is 2.90 bits per heavy atom. The lowest BCUT2D eigenvalue weighted by Crippen LogP contribution is -2.39. The molecular weight excluding hydrogens is 280 g/mol. The van der Waals surface area contributed by atoms with Crippen molar-refractivity contribution < 1.29 is 17.9 Å². The van der Waals surface area contributed by atoms with Gasteiger partial charge in [-0.15, -0.1) is 0 Å². The van der Waals surface area contributed by atoms with E-state index in [-0.39, 0.29) is 6.61 Å². The molecule has 0 saturated carbocycles. The number of ether oxygens (including phenoxy) is 1. The summed E-state index contributed by atoms with van der Waals surface area (Å²) in [6, 6.07) is 5.22. The van der Waals surface area contributed by atoms with E-state index >= 15 is 0 Å². The summed E-state index contributed by atoms with van der Waals surface area (Å²) in [6.07, 6.45) is 1.53. The van der Waals surface area contributed by atoms with Crippen LogP contribution in [0.1, 0.15) is 18.9 Å². The summed E-state index contributed by atoms with van der Waals surface area (Å²) in [7, 11) is -3.73. The van der Waals surface area contributed by atoms with Crippen LogP contribution in [0.2, 0.25) is 0 Å². The van der Waals surface area contributed by atoms with Crippen LogP contribution < -0.4 is 10.0 Å². The van der Waals surface area contributed by atoms with Gasteiger partial charge in [0.2, 0.25) is 10.0 Å². The monoisotopic (exact) mass is 298 g/mol. The molecule has 1 aromatic rings. The summed E-state index contributed by atoms with van der Waals surface area (Å²) in [5.41, 5.74) is 7.72. The molecule has 0 atom stereocenters. The molecule has 1 heterocycles. The molecule has 0 saturated heterocycles. The normalized spacial score (nSPS) is 14.8. The topological polar surface area (TPSA) is 89.7 Å². The number of rotatable bonds is 4. The third kappa shape index (κ3) is 3.04. The molecule has 0 unspecified atom stereocenters. The lowest BCUT2D eigenvalue weighted by Gasteiger charge is -2.30. The van der Waals surface area contributed by atoms with Gasteiger partial charge >= 0.3 is 5.97 Å². The molecule has 1 aliphatic rings. The first-order valence-corrected chi connectivity index (χ1v) is 8.09. The molecule has 0 radical (unpaired) electrons. The predicted octanol–water partition coefficient (Wildman–Crippen LogP) is 0.914. The van der Waals surface area contributed by atoms with Crippen molar-refractivity contribution in [3.63, 3.8) is 0 Å². The summed E-state index contributed by atoms with van der Waals surface area (Å²) in [6.45, 7) is 2.16. The standard InChI is InChI=1S/C13H18N2O4S/c1-2-19-13(16)9-20(17,18)15-7-3-4-10-5-6-11(14)8-12(10)15/h5-6,8H,2-4,7,9,14H2,1H3. The van der Waals surface area contributed by atoms with Crippen LogP contribution in [0.3, 0.4) is 0 Å². The number of esters is 1. The summed E-state index contributed by atoms with van der Waals surface area (Å²) in [5, 5.41) is 0. The molecule has 1 aliphatic heterocycles. The van der Waals surface area contributed by atoms with Gasteiger partial charge in [-0.1, -0.05) is 6.07 Å². The van der Waals surface area contributed by atoms with Crippen LogP contribution in [0.15, 0.2) is 18.2 Å². The number of sulfonamides is 1. The number of nitrogen functional groups attached to an aromatic ring is 1. The number of carbonyl (C=O) groups excluding carboxylic acids is 1. The van der Waals surface area contributed by atoms with Crippen molar-refractivity contribution in [1.82, 2.24) is 0 Å². The number of aryl methyl sites for hydroxylation is 1. The highest BCUT2D eigenvalue weighted by atomic mass is 32.2. The second kappa shape index (κ2) is 5.70. The van der Waals surface area contributed by atoms with Crippen molar-refractivity contribution in [3.8, 4) is 0 Å². The molecule has 0 bridgehead atoms. The highest BCUT2D eigenvalue weighted by Gasteiger charge is 2.30. The highest BCUT2D eigenvalue weighted by molar-refractivity contribution is 7.93. The zero-order valence-electron chi connectivity index (χ0n) is 11.3. The van der Waals surface area contributed by atoms with Crippen LogP contribution in [0, 0.1) is 0 Å². The van der Waals surface area contributed by atoms with Crippen LogP contribution in [-0.2, 0) is 26.0 Å². The van der Waals surface area contributed by atoms with Gasteiger partial charge in [0.25, 0.3) is 0 Å². The third-order valence-electron chi connectivity index (χ3n) is 3.13. The minimum Gasteiger partial charge on any atom is -0.465 e. The maximum Gasteiger partial charge on any atom is 0.323 e. The molecule has 0 aromatic heterocycles. The van der Waals surface area contributed by atoms with Crippen molar-refractivity contribution in [1.29, 1.82) is 0 Å². The van der Waals surface area contributed by atoms with Crippen molar-refractivity contribution in [2.24, 2.45) is 0 Å². The average Bonchev–Trinajstić information content (AvgIpc) is 2.37. The van der Waals surface area contributed by atoms with E-state index in [1.54, 1.807) is 19.1 Å². The Bertz CT molecular complexity index is 613. The maximum absolute atomic E-state index is 12.3. The minimum atomic E-state index is -3.73. The van der Waals surface area contributed by atoms with E-state index in [4.69, 9.17) is 10.5 Å². The SMILES string of the molecule is CCOC(=O)CS(=O)(=O)N1CCCc2ccc(N)cc21. The van der Waals surface area contributed by atoms with Crippen molar-refractivity contribution in [2.75, 3.05) is 28.9 Å². The van der Waals surface area contributed by atoms with E-state index in [0.29, 0.717) is 17.9 Å². The number of hydrogen-bond donors (Lipinski definition) is 1. The molecule has 0 spiro atoms. The third-order valence-corrected chi connectivity index (χ3v) is 4.78. The van der Waals surface area contributed by atoms with Crippen molar-refractivity contribution >= 4 is 27.4 Å². The Hall–Kier alpha value is -1.76. The smallest absolute Gasteiger partial charge is 0.323 e.